The smallest absolute Gasteiger partial charge is 0.287 e. The average Bonchev–Trinajstić information content (AvgIpc) is 2.89. The van der Waals surface area contributed by atoms with Gasteiger partial charge in [0.25, 0.3) is 5.91 Å². The Labute approximate surface area is 158 Å². The minimum absolute atomic E-state index is 0.132. The summed E-state index contributed by atoms with van der Waals surface area (Å²) >= 11 is 0. The summed E-state index contributed by atoms with van der Waals surface area (Å²) in [5.74, 6) is -0.972. The maximum absolute atomic E-state index is 12.6. The van der Waals surface area contributed by atoms with Gasteiger partial charge in [-0.15, -0.1) is 0 Å². The van der Waals surface area contributed by atoms with Crippen LogP contribution in [-0.4, -0.2) is 35.4 Å². The van der Waals surface area contributed by atoms with E-state index in [4.69, 9.17) is 15.3 Å². The molecule has 1 aromatic rings. The Bertz CT molecular complexity index is 728. The minimum Gasteiger partial charge on any atom is -0.453 e. The van der Waals surface area contributed by atoms with E-state index in [9.17, 15) is 14.4 Å². The van der Waals surface area contributed by atoms with Crippen molar-refractivity contribution < 1.29 is 23.9 Å². The zero-order valence-corrected chi connectivity index (χ0v) is 16.3. The molecule has 1 heterocycles. The monoisotopic (exact) mass is 379 g/mol. The molecule has 1 fully saturated rings. The van der Waals surface area contributed by atoms with Crippen LogP contribution in [-0.2, 0) is 16.2 Å². The molecule has 1 unspecified atom stereocenters. The van der Waals surface area contributed by atoms with E-state index in [1.807, 2.05) is 20.8 Å². The van der Waals surface area contributed by atoms with E-state index in [-0.39, 0.29) is 30.2 Å². The number of nitrogens with two attached hydrogens (primary N) is 1. The highest BCUT2D eigenvalue weighted by molar-refractivity contribution is 6.05. The van der Waals surface area contributed by atoms with Crippen LogP contribution in [0.25, 0.3) is 0 Å². The number of primary amides is 1. The standard InChI is InChI=1S/C19H29N3O5/c1-11-8-12(10-23)27-14(11)15(24)22-13(18(2,3)4)9-21-17(26)19(16(20)25)6-5-7-19/h8,13,23H,5-7,9-10H2,1-4H3,(H2,20,25)(H,21,26)(H,22,24). The van der Waals surface area contributed by atoms with Gasteiger partial charge in [0.1, 0.15) is 17.8 Å². The van der Waals surface area contributed by atoms with Crippen molar-refractivity contribution in [1.29, 1.82) is 0 Å². The van der Waals surface area contributed by atoms with Gasteiger partial charge in [-0.25, -0.2) is 0 Å². The molecular weight excluding hydrogens is 350 g/mol. The fraction of sp³-hybridized carbons (Fsp3) is 0.632. The zero-order chi connectivity index (χ0) is 20.4. The summed E-state index contributed by atoms with van der Waals surface area (Å²) in [7, 11) is 0. The van der Waals surface area contributed by atoms with Gasteiger partial charge in [0.2, 0.25) is 11.8 Å². The molecule has 1 saturated carbocycles. The SMILES string of the molecule is Cc1cc(CO)oc1C(=O)NC(CNC(=O)C1(C(N)=O)CCC1)C(C)(C)C. The van der Waals surface area contributed by atoms with E-state index in [0.29, 0.717) is 24.2 Å². The van der Waals surface area contributed by atoms with Crippen molar-refractivity contribution in [3.63, 3.8) is 0 Å². The molecule has 5 N–H and O–H groups in total. The number of rotatable bonds is 7. The van der Waals surface area contributed by atoms with Crippen LogP contribution >= 0.6 is 0 Å². The third kappa shape index (κ3) is 4.32. The van der Waals surface area contributed by atoms with Crippen LogP contribution in [0.3, 0.4) is 0 Å². The maximum atomic E-state index is 12.6. The Morgan fingerprint density at radius 2 is 1.96 bits per heavy atom. The second kappa shape index (κ2) is 7.72. The molecule has 0 radical (unpaired) electrons. The Kier molecular flexibility index (Phi) is 5.99. The first kappa shape index (κ1) is 21.0. The first-order chi connectivity index (χ1) is 12.5. The molecule has 0 spiro atoms. The van der Waals surface area contributed by atoms with Gasteiger partial charge in [-0.2, -0.15) is 0 Å². The van der Waals surface area contributed by atoms with Gasteiger partial charge < -0.3 is 25.9 Å². The lowest BCUT2D eigenvalue weighted by Gasteiger charge is -2.38. The highest BCUT2D eigenvalue weighted by atomic mass is 16.4. The van der Waals surface area contributed by atoms with E-state index in [2.05, 4.69) is 10.6 Å². The van der Waals surface area contributed by atoms with Gasteiger partial charge in [0.05, 0.1) is 6.04 Å². The molecule has 27 heavy (non-hydrogen) atoms. The molecule has 3 amide bonds. The summed E-state index contributed by atoms with van der Waals surface area (Å²) in [4.78, 5) is 36.8. The highest BCUT2D eigenvalue weighted by Gasteiger charge is 2.49. The van der Waals surface area contributed by atoms with E-state index in [1.165, 1.54) is 0 Å². The van der Waals surface area contributed by atoms with Crippen molar-refractivity contribution >= 4 is 17.7 Å². The number of hydrogen-bond donors (Lipinski definition) is 4. The van der Waals surface area contributed by atoms with Crippen molar-refractivity contribution in [2.45, 2.75) is 59.6 Å². The van der Waals surface area contributed by atoms with Crippen LogP contribution in [0.1, 0.15) is 61.9 Å². The van der Waals surface area contributed by atoms with E-state index in [0.717, 1.165) is 6.42 Å². The molecule has 0 bridgehead atoms. The maximum Gasteiger partial charge on any atom is 0.287 e. The number of carbonyl (C=O) groups is 3. The fourth-order valence-electron chi connectivity index (χ4n) is 3.13. The summed E-state index contributed by atoms with van der Waals surface area (Å²) < 4.78 is 5.37. The first-order valence-corrected chi connectivity index (χ1v) is 9.10. The summed E-state index contributed by atoms with van der Waals surface area (Å²) in [6, 6.07) is 1.21. The number of nitrogens with one attached hydrogen (secondary N) is 2. The van der Waals surface area contributed by atoms with Crippen LogP contribution in [0.15, 0.2) is 10.5 Å². The second-order valence-corrected chi connectivity index (χ2v) is 8.28. The molecule has 0 aliphatic heterocycles. The van der Waals surface area contributed by atoms with Gasteiger partial charge in [0.15, 0.2) is 5.76 Å². The third-order valence-electron chi connectivity index (χ3n) is 5.26. The van der Waals surface area contributed by atoms with Gasteiger partial charge in [-0.1, -0.05) is 27.2 Å². The third-order valence-corrected chi connectivity index (χ3v) is 5.26. The van der Waals surface area contributed by atoms with Gasteiger partial charge in [0, 0.05) is 12.1 Å². The summed E-state index contributed by atoms with van der Waals surface area (Å²) in [6.45, 7) is 7.40. The molecule has 0 saturated heterocycles. The predicted molar refractivity (Wildman–Crippen MR) is 98.6 cm³/mol. The topological polar surface area (TPSA) is 135 Å². The lowest BCUT2D eigenvalue weighted by Crippen LogP contribution is -2.57. The second-order valence-electron chi connectivity index (χ2n) is 8.28. The largest absolute Gasteiger partial charge is 0.453 e. The minimum atomic E-state index is -1.12. The van der Waals surface area contributed by atoms with Crippen LogP contribution < -0.4 is 16.4 Å². The molecular formula is C19H29N3O5. The van der Waals surface area contributed by atoms with E-state index in [1.54, 1.807) is 13.0 Å². The van der Waals surface area contributed by atoms with Crippen LogP contribution in [0.4, 0.5) is 0 Å². The Morgan fingerprint density at radius 3 is 2.37 bits per heavy atom. The number of amides is 3. The molecule has 0 aromatic carbocycles. The molecule has 150 valence electrons. The lowest BCUT2D eigenvalue weighted by atomic mass is 9.67. The number of aliphatic hydroxyl groups excluding tert-OH is 1. The van der Waals surface area contributed by atoms with Gasteiger partial charge in [-0.3, -0.25) is 14.4 Å². The highest BCUT2D eigenvalue weighted by Crippen LogP contribution is 2.40. The fourth-order valence-corrected chi connectivity index (χ4v) is 3.13. The lowest BCUT2D eigenvalue weighted by molar-refractivity contribution is -0.147. The number of aliphatic hydroxyl groups is 1. The molecule has 1 aromatic heterocycles. The Hall–Kier alpha value is -2.35. The number of furan rings is 1. The van der Waals surface area contributed by atoms with Crippen molar-refractivity contribution in [3.8, 4) is 0 Å². The average molecular weight is 379 g/mol. The summed E-state index contributed by atoms with van der Waals surface area (Å²) in [5, 5.41) is 14.8. The van der Waals surface area contributed by atoms with Crippen molar-refractivity contribution in [1.82, 2.24) is 10.6 Å². The molecule has 1 atom stereocenters. The Balaban J connectivity index is 2.07. The van der Waals surface area contributed by atoms with Gasteiger partial charge >= 0.3 is 0 Å². The van der Waals surface area contributed by atoms with Crippen LogP contribution in [0, 0.1) is 17.8 Å². The van der Waals surface area contributed by atoms with Crippen molar-refractivity contribution in [3.05, 3.63) is 23.2 Å². The summed E-state index contributed by atoms with van der Waals surface area (Å²) in [6.07, 6.45) is 1.70. The zero-order valence-electron chi connectivity index (χ0n) is 16.3. The van der Waals surface area contributed by atoms with Crippen molar-refractivity contribution in [2.24, 2.45) is 16.6 Å². The molecule has 1 aliphatic rings. The van der Waals surface area contributed by atoms with E-state index >= 15 is 0 Å². The number of hydrogen-bond acceptors (Lipinski definition) is 5. The molecule has 8 nitrogen and oxygen atoms in total. The Morgan fingerprint density at radius 1 is 1.33 bits per heavy atom. The summed E-state index contributed by atoms with van der Waals surface area (Å²) in [5.41, 5.74) is 4.55. The first-order valence-electron chi connectivity index (χ1n) is 9.10. The normalized spacial score (nSPS) is 16.9. The van der Waals surface area contributed by atoms with Crippen molar-refractivity contribution in [2.75, 3.05) is 6.54 Å². The quantitative estimate of drug-likeness (QED) is 0.524. The van der Waals surface area contributed by atoms with Crippen LogP contribution in [0.2, 0.25) is 0 Å². The van der Waals surface area contributed by atoms with Crippen LogP contribution in [0.5, 0.6) is 0 Å². The molecule has 8 heteroatoms. The number of aryl methyl sites for hydroxylation is 1. The molecule has 1 aliphatic carbocycles. The predicted octanol–water partition coefficient (Wildman–Crippen LogP) is 0.997. The number of carbonyl (C=O) groups excluding carboxylic acids is 3. The van der Waals surface area contributed by atoms with E-state index < -0.39 is 23.3 Å². The molecule has 2 rings (SSSR count). The van der Waals surface area contributed by atoms with Gasteiger partial charge in [-0.05, 0) is 31.2 Å².